The molecule has 0 aliphatic rings. The van der Waals surface area contributed by atoms with E-state index >= 15 is 0 Å². The van der Waals surface area contributed by atoms with Gasteiger partial charge in [0.15, 0.2) is 0 Å². The Bertz CT molecular complexity index is 977. The molecule has 0 saturated carbocycles. The molecule has 0 spiro atoms. The van der Waals surface area contributed by atoms with Crippen LogP contribution < -0.4 is 9.46 Å². The average Bonchev–Trinajstić information content (AvgIpc) is 3.05. The summed E-state index contributed by atoms with van der Waals surface area (Å²) in [6.07, 6.45) is -0.684. The van der Waals surface area contributed by atoms with Gasteiger partial charge in [0.05, 0.1) is 12.0 Å². The van der Waals surface area contributed by atoms with Crippen LogP contribution in [0, 0.1) is 6.92 Å². The number of fused-ring (bicyclic) bond motifs is 1. The van der Waals surface area contributed by atoms with Gasteiger partial charge < -0.3 is 14.3 Å². The molecule has 0 amide bonds. The maximum atomic E-state index is 12.4. The highest BCUT2D eigenvalue weighted by molar-refractivity contribution is 7.89. The van der Waals surface area contributed by atoms with Gasteiger partial charge in [-0.15, -0.1) is 0 Å². The van der Waals surface area contributed by atoms with Gasteiger partial charge in [-0.05, 0) is 49.2 Å². The molecule has 0 unspecified atom stereocenters. The number of sulfonamides is 1. The zero-order valence-corrected chi connectivity index (χ0v) is 15.4. The van der Waals surface area contributed by atoms with Gasteiger partial charge in [0.25, 0.3) is 0 Å². The Morgan fingerprint density at radius 1 is 1.19 bits per heavy atom. The normalized spacial score (nSPS) is 13.0. The molecule has 0 aliphatic carbocycles. The minimum atomic E-state index is -3.66. The number of rotatable bonds is 7. The number of furan rings is 1. The summed E-state index contributed by atoms with van der Waals surface area (Å²) in [7, 11) is -2.12. The van der Waals surface area contributed by atoms with Crippen LogP contribution in [-0.4, -0.2) is 27.2 Å². The summed E-state index contributed by atoms with van der Waals surface area (Å²) in [6.45, 7) is 1.87. The molecule has 2 aromatic carbocycles. The van der Waals surface area contributed by atoms with E-state index in [9.17, 15) is 13.5 Å². The zero-order valence-electron chi connectivity index (χ0n) is 14.6. The van der Waals surface area contributed by atoms with E-state index in [-0.39, 0.29) is 17.9 Å². The Kier molecular flexibility index (Phi) is 5.31. The fourth-order valence-corrected chi connectivity index (χ4v) is 3.87. The molecule has 0 bridgehead atoms. The van der Waals surface area contributed by atoms with Crippen molar-refractivity contribution in [3.05, 3.63) is 59.9 Å². The van der Waals surface area contributed by atoms with Crippen LogP contribution >= 0.6 is 0 Å². The smallest absolute Gasteiger partial charge is 0.240 e. The molecule has 26 heavy (non-hydrogen) atoms. The minimum Gasteiger partial charge on any atom is -0.496 e. The Balaban J connectivity index is 1.63. The van der Waals surface area contributed by atoms with Gasteiger partial charge in [0, 0.05) is 11.9 Å². The molecule has 3 aromatic rings. The molecule has 138 valence electrons. The molecule has 0 aliphatic heterocycles. The van der Waals surface area contributed by atoms with Crippen LogP contribution in [-0.2, 0) is 10.0 Å². The first-order valence-electron chi connectivity index (χ1n) is 8.21. The number of ether oxygens (including phenoxy) is 1. The Morgan fingerprint density at radius 3 is 2.65 bits per heavy atom. The monoisotopic (exact) mass is 375 g/mol. The number of benzene rings is 2. The lowest BCUT2D eigenvalue weighted by Crippen LogP contribution is -2.26. The lowest BCUT2D eigenvalue weighted by Gasteiger charge is -2.11. The Morgan fingerprint density at radius 2 is 1.96 bits per heavy atom. The molecule has 0 saturated heterocycles. The second-order valence-corrected chi connectivity index (χ2v) is 7.79. The standard InChI is InChI=1S/C19H21NO5S/c1-13-11-15(7-8-17(13)24-2)26(22,23)20-10-9-16(21)19-12-14-5-3-4-6-18(14)25-19/h3-8,11-12,16,20-21H,9-10H2,1-2H3/t16-/m1/s1. The molecule has 7 heteroatoms. The summed E-state index contributed by atoms with van der Waals surface area (Å²) >= 11 is 0. The lowest BCUT2D eigenvalue weighted by atomic mass is 10.2. The lowest BCUT2D eigenvalue weighted by molar-refractivity contribution is 0.144. The van der Waals surface area contributed by atoms with Crippen molar-refractivity contribution in [1.29, 1.82) is 0 Å². The van der Waals surface area contributed by atoms with Crippen molar-refractivity contribution in [2.24, 2.45) is 0 Å². The van der Waals surface area contributed by atoms with Gasteiger partial charge in [-0.25, -0.2) is 13.1 Å². The van der Waals surface area contributed by atoms with Crippen LogP contribution in [0.25, 0.3) is 11.0 Å². The second kappa shape index (κ2) is 7.49. The summed E-state index contributed by atoms with van der Waals surface area (Å²) in [5.41, 5.74) is 1.42. The van der Waals surface area contributed by atoms with Crippen molar-refractivity contribution in [2.75, 3.05) is 13.7 Å². The third-order valence-electron chi connectivity index (χ3n) is 4.16. The molecule has 2 N–H and O–H groups in total. The maximum Gasteiger partial charge on any atom is 0.240 e. The first kappa shape index (κ1) is 18.4. The Labute approximate surface area is 152 Å². The van der Waals surface area contributed by atoms with E-state index in [1.54, 1.807) is 25.1 Å². The number of nitrogens with one attached hydrogen (secondary N) is 1. The fourth-order valence-electron chi connectivity index (χ4n) is 2.74. The maximum absolute atomic E-state index is 12.4. The van der Waals surface area contributed by atoms with Gasteiger partial charge in [0.1, 0.15) is 23.2 Å². The number of hydrogen-bond donors (Lipinski definition) is 2. The summed E-state index contributed by atoms with van der Waals surface area (Å²) in [4.78, 5) is 0.161. The number of aliphatic hydroxyl groups is 1. The van der Waals surface area contributed by atoms with Crippen molar-refractivity contribution in [3.8, 4) is 5.75 Å². The molecular formula is C19H21NO5S. The predicted octanol–water partition coefficient (Wildman–Crippen LogP) is 3.15. The molecule has 1 heterocycles. The topological polar surface area (TPSA) is 88.8 Å². The molecule has 6 nitrogen and oxygen atoms in total. The largest absolute Gasteiger partial charge is 0.496 e. The number of hydrogen-bond acceptors (Lipinski definition) is 5. The van der Waals surface area contributed by atoms with E-state index < -0.39 is 16.1 Å². The molecule has 0 radical (unpaired) electrons. The van der Waals surface area contributed by atoms with Crippen LogP contribution in [0.1, 0.15) is 23.8 Å². The fraction of sp³-hybridized carbons (Fsp3) is 0.263. The van der Waals surface area contributed by atoms with E-state index in [0.717, 1.165) is 10.9 Å². The second-order valence-electron chi connectivity index (χ2n) is 6.02. The van der Waals surface area contributed by atoms with Crippen LogP contribution in [0.2, 0.25) is 0 Å². The third kappa shape index (κ3) is 3.90. The van der Waals surface area contributed by atoms with Gasteiger partial charge in [-0.1, -0.05) is 18.2 Å². The average molecular weight is 375 g/mol. The van der Waals surface area contributed by atoms with Crippen LogP contribution in [0.5, 0.6) is 5.75 Å². The van der Waals surface area contributed by atoms with Crippen molar-refractivity contribution in [1.82, 2.24) is 4.72 Å². The Hall–Kier alpha value is -2.35. The van der Waals surface area contributed by atoms with Gasteiger partial charge in [0.2, 0.25) is 10.0 Å². The van der Waals surface area contributed by atoms with E-state index in [0.29, 0.717) is 17.1 Å². The number of aryl methyl sites for hydroxylation is 1. The SMILES string of the molecule is COc1ccc(S(=O)(=O)NCC[C@@H](O)c2cc3ccccc3o2)cc1C. The minimum absolute atomic E-state index is 0.0889. The number of methoxy groups -OCH3 is 1. The third-order valence-corrected chi connectivity index (χ3v) is 5.62. The predicted molar refractivity (Wildman–Crippen MR) is 98.7 cm³/mol. The summed E-state index contributed by atoms with van der Waals surface area (Å²) in [6, 6.07) is 13.9. The molecule has 1 aromatic heterocycles. The van der Waals surface area contributed by atoms with Crippen LogP contribution in [0.3, 0.4) is 0 Å². The number of aliphatic hydroxyl groups excluding tert-OH is 1. The molecular weight excluding hydrogens is 354 g/mol. The van der Waals surface area contributed by atoms with Gasteiger partial charge in [-0.3, -0.25) is 0 Å². The van der Waals surface area contributed by atoms with E-state index in [4.69, 9.17) is 9.15 Å². The zero-order chi connectivity index (χ0) is 18.7. The first-order chi connectivity index (χ1) is 12.4. The van der Waals surface area contributed by atoms with Crippen molar-refractivity contribution in [2.45, 2.75) is 24.3 Å². The highest BCUT2D eigenvalue weighted by Gasteiger charge is 2.18. The molecule has 3 rings (SSSR count). The summed E-state index contributed by atoms with van der Waals surface area (Å²) in [5.74, 6) is 1.05. The molecule has 1 atom stereocenters. The van der Waals surface area contributed by atoms with Crippen LogP contribution in [0.15, 0.2) is 57.8 Å². The number of para-hydroxylation sites is 1. The van der Waals surface area contributed by atoms with Crippen molar-refractivity contribution in [3.63, 3.8) is 0 Å². The highest BCUT2D eigenvalue weighted by atomic mass is 32.2. The van der Waals surface area contributed by atoms with Gasteiger partial charge >= 0.3 is 0 Å². The van der Waals surface area contributed by atoms with Gasteiger partial charge in [-0.2, -0.15) is 0 Å². The highest BCUT2D eigenvalue weighted by Crippen LogP contribution is 2.25. The summed E-state index contributed by atoms with van der Waals surface area (Å²) in [5, 5.41) is 11.2. The quantitative estimate of drug-likeness (QED) is 0.662. The van der Waals surface area contributed by atoms with Crippen molar-refractivity contribution >= 4 is 21.0 Å². The van der Waals surface area contributed by atoms with Crippen LogP contribution in [0.4, 0.5) is 0 Å². The van der Waals surface area contributed by atoms with E-state index in [1.807, 2.05) is 24.3 Å². The summed E-state index contributed by atoms with van der Waals surface area (Å²) < 4.78 is 38.0. The van der Waals surface area contributed by atoms with E-state index in [2.05, 4.69) is 4.72 Å². The molecule has 0 fully saturated rings. The first-order valence-corrected chi connectivity index (χ1v) is 9.70. The van der Waals surface area contributed by atoms with Crippen molar-refractivity contribution < 1.29 is 22.7 Å². The van der Waals surface area contributed by atoms with E-state index in [1.165, 1.54) is 13.2 Å².